The summed E-state index contributed by atoms with van der Waals surface area (Å²) in [5.41, 5.74) is 1.52. The average Bonchev–Trinajstić information content (AvgIpc) is 2.49. The van der Waals surface area contributed by atoms with Crippen LogP contribution in [0.5, 0.6) is 0 Å². The zero-order chi connectivity index (χ0) is 17.5. The number of unbranched alkanes of at least 4 members (excludes halogenated alkanes) is 4. The second-order valence-electron chi connectivity index (χ2n) is 6.19. The monoisotopic (exact) mass is 359 g/mol. The van der Waals surface area contributed by atoms with Gasteiger partial charge in [0.2, 0.25) is 10.0 Å². The topological polar surface area (TPSA) is 37.4 Å². The molecule has 23 heavy (non-hydrogen) atoms. The van der Waals surface area contributed by atoms with E-state index in [1.165, 1.54) is 0 Å². The highest BCUT2D eigenvalue weighted by Gasteiger charge is 2.26. The van der Waals surface area contributed by atoms with Crippen molar-refractivity contribution >= 4 is 21.6 Å². The number of hydrogen-bond donors (Lipinski definition) is 0. The van der Waals surface area contributed by atoms with Gasteiger partial charge in [-0.1, -0.05) is 51.1 Å². The lowest BCUT2D eigenvalue weighted by atomic mass is 10.2. The van der Waals surface area contributed by atoms with Crippen molar-refractivity contribution in [2.75, 3.05) is 13.1 Å². The van der Waals surface area contributed by atoms with Crippen LogP contribution in [0, 0.1) is 13.8 Å². The number of hydrogen-bond acceptors (Lipinski definition) is 2. The maximum Gasteiger partial charge on any atom is 0.243 e. The van der Waals surface area contributed by atoms with Gasteiger partial charge in [-0.25, -0.2) is 8.42 Å². The van der Waals surface area contributed by atoms with Crippen molar-refractivity contribution < 1.29 is 8.42 Å². The van der Waals surface area contributed by atoms with Crippen LogP contribution in [0.4, 0.5) is 0 Å². The van der Waals surface area contributed by atoms with Gasteiger partial charge in [0.05, 0.1) is 4.90 Å². The van der Waals surface area contributed by atoms with Crippen LogP contribution in [0.1, 0.15) is 63.5 Å². The van der Waals surface area contributed by atoms with Crippen molar-refractivity contribution in [2.45, 2.75) is 71.1 Å². The Morgan fingerprint density at radius 1 is 0.913 bits per heavy atom. The summed E-state index contributed by atoms with van der Waals surface area (Å²) in [5.74, 6) is 0. The molecule has 0 saturated heterocycles. The molecular formula is C18H30ClNO2S. The first-order chi connectivity index (χ1) is 10.8. The minimum Gasteiger partial charge on any atom is -0.207 e. The van der Waals surface area contributed by atoms with Gasteiger partial charge in [0.1, 0.15) is 0 Å². The largest absolute Gasteiger partial charge is 0.243 e. The van der Waals surface area contributed by atoms with Crippen molar-refractivity contribution in [3.8, 4) is 0 Å². The predicted octanol–water partition coefficient (Wildman–Crippen LogP) is 5.33. The number of rotatable bonds is 10. The molecule has 5 heteroatoms. The lowest BCUT2D eigenvalue weighted by Gasteiger charge is -2.23. The molecule has 132 valence electrons. The molecule has 0 spiro atoms. The van der Waals surface area contributed by atoms with E-state index in [-0.39, 0.29) is 0 Å². The molecule has 0 bridgehead atoms. The molecular weight excluding hydrogens is 330 g/mol. The van der Waals surface area contributed by atoms with Crippen LogP contribution in [-0.4, -0.2) is 25.8 Å². The molecule has 3 nitrogen and oxygen atoms in total. The lowest BCUT2D eigenvalue weighted by molar-refractivity contribution is 0.388. The van der Waals surface area contributed by atoms with Crippen molar-refractivity contribution in [1.29, 1.82) is 0 Å². The normalized spacial score (nSPS) is 12.1. The summed E-state index contributed by atoms with van der Waals surface area (Å²) >= 11 is 6.11. The van der Waals surface area contributed by atoms with Gasteiger partial charge in [0, 0.05) is 18.1 Å². The van der Waals surface area contributed by atoms with Crippen LogP contribution in [0.25, 0.3) is 0 Å². The average molecular weight is 360 g/mol. The minimum absolute atomic E-state index is 0.396. The molecule has 0 unspecified atom stereocenters. The highest BCUT2D eigenvalue weighted by atomic mass is 35.5. The summed E-state index contributed by atoms with van der Waals surface area (Å²) in [5, 5.41) is 0.616. The summed E-state index contributed by atoms with van der Waals surface area (Å²) in [6, 6.07) is 3.46. The van der Waals surface area contributed by atoms with E-state index in [0.717, 1.165) is 49.7 Å². The quantitative estimate of drug-likeness (QED) is 0.529. The maximum atomic E-state index is 13.1. The van der Waals surface area contributed by atoms with Crippen molar-refractivity contribution in [2.24, 2.45) is 0 Å². The second-order valence-corrected chi connectivity index (χ2v) is 8.50. The minimum atomic E-state index is -3.46. The Balaban J connectivity index is 3.07. The molecule has 0 aliphatic carbocycles. The molecule has 0 aliphatic rings. The van der Waals surface area contributed by atoms with Crippen LogP contribution in [-0.2, 0) is 10.0 Å². The van der Waals surface area contributed by atoms with Gasteiger partial charge in [-0.2, -0.15) is 4.31 Å². The summed E-state index contributed by atoms with van der Waals surface area (Å²) in [4.78, 5) is 0.396. The fraction of sp³-hybridized carbons (Fsp3) is 0.667. The van der Waals surface area contributed by atoms with E-state index in [1.54, 1.807) is 16.4 Å². The first kappa shape index (κ1) is 20.5. The number of halogens is 1. The number of nitrogens with zero attached hydrogens (tertiary/aromatic N) is 1. The first-order valence-electron chi connectivity index (χ1n) is 8.61. The fourth-order valence-electron chi connectivity index (χ4n) is 2.60. The zero-order valence-corrected chi connectivity index (χ0v) is 16.4. The molecule has 0 radical (unpaired) electrons. The molecule has 1 rings (SSSR count). The highest BCUT2D eigenvalue weighted by Crippen LogP contribution is 2.27. The van der Waals surface area contributed by atoms with Gasteiger partial charge in [-0.3, -0.25) is 0 Å². The Kier molecular flexibility index (Phi) is 8.59. The van der Waals surface area contributed by atoms with Crippen LogP contribution in [0.3, 0.4) is 0 Å². The standard InChI is InChI=1S/C18H30ClNO2S/c1-5-7-9-11-20(12-10-8-6-2)23(21,22)18-14-15(3)17(19)13-16(18)4/h13-14H,5-12H2,1-4H3. The Morgan fingerprint density at radius 3 is 1.91 bits per heavy atom. The third-order valence-electron chi connectivity index (χ3n) is 4.10. The van der Waals surface area contributed by atoms with Crippen LogP contribution in [0.2, 0.25) is 5.02 Å². The summed E-state index contributed by atoms with van der Waals surface area (Å²) < 4.78 is 27.8. The van der Waals surface area contributed by atoms with E-state index in [1.807, 2.05) is 13.8 Å². The van der Waals surface area contributed by atoms with Crippen LogP contribution < -0.4 is 0 Å². The van der Waals surface area contributed by atoms with Gasteiger partial charge in [0.25, 0.3) is 0 Å². The van der Waals surface area contributed by atoms with Gasteiger partial charge in [0.15, 0.2) is 0 Å². The summed E-state index contributed by atoms with van der Waals surface area (Å²) in [7, 11) is -3.46. The molecule has 0 heterocycles. The lowest BCUT2D eigenvalue weighted by Crippen LogP contribution is -2.33. The van der Waals surface area contributed by atoms with Gasteiger partial charge >= 0.3 is 0 Å². The molecule has 0 fully saturated rings. The zero-order valence-electron chi connectivity index (χ0n) is 14.9. The van der Waals surface area contributed by atoms with Gasteiger partial charge < -0.3 is 0 Å². The van der Waals surface area contributed by atoms with Gasteiger partial charge in [-0.15, -0.1) is 0 Å². The van der Waals surface area contributed by atoms with E-state index in [2.05, 4.69) is 13.8 Å². The van der Waals surface area contributed by atoms with Crippen molar-refractivity contribution in [3.63, 3.8) is 0 Å². The SMILES string of the molecule is CCCCCN(CCCCC)S(=O)(=O)c1cc(C)c(Cl)cc1C. The van der Waals surface area contributed by atoms with E-state index >= 15 is 0 Å². The smallest absolute Gasteiger partial charge is 0.207 e. The third-order valence-corrected chi connectivity index (χ3v) is 6.54. The van der Waals surface area contributed by atoms with E-state index in [0.29, 0.717) is 23.0 Å². The second kappa shape index (κ2) is 9.65. The molecule has 0 N–H and O–H groups in total. The van der Waals surface area contributed by atoms with E-state index in [4.69, 9.17) is 11.6 Å². The fourth-order valence-corrected chi connectivity index (χ4v) is 4.63. The molecule has 0 amide bonds. The van der Waals surface area contributed by atoms with Crippen LogP contribution >= 0.6 is 11.6 Å². The first-order valence-corrected chi connectivity index (χ1v) is 10.4. The number of aryl methyl sites for hydroxylation is 2. The van der Waals surface area contributed by atoms with Crippen molar-refractivity contribution in [3.05, 3.63) is 28.3 Å². The maximum absolute atomic E-state index is 13.1. The van der Waals surface area contributed by atoms with Gasteiger partial charge in [-0.05, 0) is 49.9 Å². The molecule has 1 aromatic rings. The Bertz CT molecular complexity index is 589. The summed E-state index contributed by atoms with van der Waals surface area (Å²) in [6.45, 7) is 9.11. The third kappa shape index (κ3) is 5.77. The van der Waals surface area contributed by atoms with E-state index < -0.39 is 10.0 Å². The number of sulfonamides is 1. The Hall–Kier alpha value is -0.580. The predicted molar refractivity (Wildman–Crippen MR) is 98.7 cm³/mol. The van der Waals surface area contributed by atoms with E-state index in [9.17, 15) is 8.42 Å². The summed E-state index contributed by atoms with van der Waals surface area (Å²) in [6.07, 6.45) is 6.10. The van der Waals surface area contributed by atoms with Crippen molar-refractivity contribution in [1.82, 2.24) is 4.31 Å². The molecule has 0 atom stereocenters. The molecule has 0 saturated carbocycles. The number of benzene rings is 1. The molecule has 0 aromatic heterocycles. The highest BCUT2D eigenvalue weighted by molar-refractivity contribution is 7.89. The Morgan fingerprint density at radius 2 is 1.43 bits per heavy atom. The Labute approximate surface area is 147 Å². The molecule has 1 aromatic carbocycles. The molecule has 0 aliphatic heterocycles. The van der Waals surface area contributed by atoms with Crippen LogP contribution in [0.15, 0.2) is 17.0 Å².